The Morgan fingerprint density at radius 3 is 2.62 bits per heavy atom. The fourth-order valence-electron chi connectivity index (χ4n) is 3.91. The molecule has 146 valence electrons. The second-order valence-electron chi connectivity index (χ2n) is 7.18. The fraction of sp³-hybridized carbons (Fsp3) is 0.227. The number of hydrogen-bond donors (Lipinski definition) is 0. The summed E-state index contributed by atoms with van der Waals surface area (Å²) in [5.74, 6) is 0.0384. The maximum absolute atomic E-state index is 13.1. The van der Waals surface area contributed by atoms with E-state index in [0.717, 1.165) is 34.7 Å². The average Bonchev–Trinajstić information content (AvgIpc) is 3.51. The van der Waals surface area contributed by atoms with Crippen molar-refractivity contribution < 1.29 is 4.79 Å². The molecule has 3 heterocycles. The number of hydrogen-bond acceptors (Lipinski definition) is 5. The highest BCUT2D eigenvalue weighted by molar-refractivity contribution is 8.26. The molecule has 1 saturated heterocycles. The first-order chi connectivity index (χ1) is 14.2. The van der Waals surface area contributed by atoms with Gasteiger partial charge in [-0.05, 0) is 42.5 Å². The van der Waals surface area contributed by atoms with Crippen LogP contribution in [0.1, 0.15) is 31.2 Å². The Bertz CT molecular complexity index is 1080. The van der Waals surface area contributed by atoms with Crippen molar-refractivity contribution in [3.63, 3.8) is 0 Å². The number of thioether (sulfide) groups is 1. The predicted octanol–water partition coefficient (Wildman–Crippen LogP) is 5.74. The summed E-state index contributed by atoms with van der Waals surface area (Å²) in [5.41, 5.74) is 2.81. The molecule has 5 rings (SSSR count). The molecule has 0 radical (unpaired) electrons. The van der Waals surface area contributed by atoms with Crippen LogP contribution < -0.4 is 0 Å². The predicted molar refractivity (Wildman–Crippen MR) is 124 cm³/mol. The van der Waals surface area contributed by atoms with Gasteiger partial charge in [0.15, 0.2) is 0 Å². The van der Waals surface area contributed by atoms with E-state index in [1.54, 1.807) is 11.3 Å². The van der Waals surface area contributed by atoms with E-state index in [1.807, 2.05) is 63.6 Å². The van der Waals surface area contributed by atoms with Crippen LogP contribution in [0.4, 0.5) is 0 Å². The summed E-state index contributed by atoms with van der Waals surface area (Å²) in [6, 6.07) is 14.4. The van der Waals surface area contributed by atoms with Crippen LogP contribution in [0.15, 0.2) is 58.9 Å². The smallest absolute Gasteiger partial charge is 0.266 e. The van der Waals surface area contributed by atoms with E-state index in [0.29, 0.717) is 9.23 Å². The zero-order valence-electron chi connectivity index (χ0n) is 15.7. The Balaban J connectivity index is 1.54. The Morgan fingerprint density at radius 2 is 1.90 bits per heavy atom. The van der Waals surface area contributed by atoms with Crippen molar-refractivity contribution in [2.24, 2.45) is 0 Å². The molecular formula is C22H19N3OS3. The number of thiophene rings is 1. The highest BCUT2D eigenvalue weighted by atomic mass is 32.2. The van der Waals surface area contributed by atoms with E-state index in [-0.39, 0.29) is 11.9 Å². The lowest BCUT2D eigenvalue weighted by Gasteiger charge is -2.21. The zero-order chi connectivity index (χ0) is 19.8. The second-order valence-corrected chi connectivity index (χ2v) is 9.80. The zero-order valence-corrected chi connectivity index (χ0v) is 18.1. The minimum atomic E-state index is 0.0384. The van der Waals surface area contributed by atoms with Crippen molar-refractivity contribution in [2.75, 3.05) is 0 Å². The first-order valence-electron chi connectivity index (χ1n) is 9.67. The molecule has 0 spiro atoms. The van der Waals surface area contributed by atoms with E-state index >= 15 is 0 Å². The first-order valence-corrected chi connectivity index (χ1v) is 11.8. The number of amides is 1. The maximum Gasteiger partial charge on any atom is 0.266 e. The van der Waals surface area contributed by atoms with Gasteiger partial charge in [0.25, 0.3) is 5.91 Å². The number of carbonyl (C=O) groups is 1. The molecule has 1 aliphatic carbocycles. The monoisotopic (exact) mass is 437 g/mol. The molecule has 4 nitrogen and oxygen atoms in total. The van der Waals surface area contributed by atoms with Gasteiger partial charge in [0.2, 0.25) is 0 Å². The summed E-state index contributed by atoms with van der Waals surface area (Å²) in [4.78, 5) is 16.7. The van der Waals surface area contributed by atoms with Gasteiger partial charge in [0, 0.05) is 17.8 Å². The number of carbonyl (C=O) groups excluding carboxylic acids is 1. The third kappa shape index (κ3) is 3.58. The van der Waals surface area contributed by atoms with Gasteiger partial charge < -0.3 is 0 Å². The molecule has 3 aromatic rings. The fourth-order valence-corrected chi connectivity index (χ4v) is 6.03. The van der Waals surface area contributed by atoms with E-state index in [9.17, 15) is 4.79 Å². The van der Waals surface area contributed by atoms with Gasteiger partial charge in [0.05, 0.1) is 15.5 Å². The summed E-state index contributed by atoms with van der Waals surface area (Å²) >= 11 is 8.61. The van der Waals surface area contributed by atoms with Gasteiger partial charge >= 0.3 is 0 Å². The van der Waals surface area contributed by atoms with Crippen molar-refractivity contribution >= 4 is 51.6 Å². The van der Waals surface area contributed by atoms with Crippen molar-refractivity contribution in [1.82, 2.24) is 14.7 Å². The lowest BCUT2D eigenvalue weighted by atomic mass is 10.2. The van der Waals surface area contributed by atoms with Gasteiger partial charge in [-0.15, -0.1) is 11.3 Å². The van der Waals surface area contributed by atoms with Crippen LogP contribution in [0, 0.1) is 0 Å². The molecule has 1 saturated carbocycles. The number of nitrogens with zero attached hydrogens (tertiary/aromatic N) is 3. The molecule has 29 heavy (non-hydrogen) atoms. The minimum absolute atomic E-state index is 0.0384. The van der Waals surface area contributed by atoms with Crippen molar-refractivity contribution in [3.05, 3.63) is 64.5 Å². The SMILES string of the molecule is O=C1C(=Cc2cn(-c3ccccc3)nc2-c2cccs2)SC(=S)N1C1CCCC1. The summed E-state index contributed by atoms with van der Waals surface area (Å²) in [6.45, 7) is 0. The quantitative estimate of drug-likeness (QED) is 0.385. The van der Waals surface area contributed by atoms with Gasteiger partial charge in [-0.1, -0.05) is 61.1 Å². The number of benzene rings is 1. The Hall–Kier alpha value is -2.22. The van der Waals surface area contributed by atoms with Crippen LogP contribution in [0.5, 0.6) is 0 Å². The molecular weight excluding hydrogens is 418 g/mol. The third-order valence-corrected chi connectivity index (χ3v) is 7.52. The molecule has 1 aliphatic heterocycles. The summed E-state index contributed by atoms with van der Waals surface area (Å²) in [6.07, 6.45) is 8.39. The van der Waals surface area contributed by atoms with Gasteiger partial charge in [-0.25, -0.2) is 4.68 Å². The van der Waals surface area contributed by atoms with Crippen molar-refractivity contribution in [2.45, 2.75) is 31.7 Å². The largest absolute Gasteiger partial charge is 0.290 e. The maximum atomic E-state index is 13.1. The third-order valence-electron chi connectivity index (χ3n) is 5.32. The Labute approximate surface area is 183 Å². The molecule has 0 unspecified atom stereocenters. The van der Waals surface area contributed by atoms with E-state index < -0.39 is 0 Å². The summed E-state index contributed by atoms with van der Waals surface area (Å²) < 4.78 is 2.56. The average molecular weight is 438 g/mol. The second kappa shape index (κ2) is 7.89. The van der Waals surface area contributed by atoms with Gasteiger partial charge in [-0.3, -0.25) is 9.69 Å². The highest BCUT2D eigenvalue weighted by Gasteiger charge is 2.38. The molecule has 1 amide bonds. The number of rotatable bonds is 4. The Kier molecular flexibility index (Phi) is 5.11. The molecule has 0 atom stereocenters. The van der Waals surface area contributed by atoms with Crippen LogP contribution >= 0.6 is 35.3 Å². The first kappa shape index (κ1) is 18.8. The molecule has 0 N–H and O–H groups in total. The van der Waals surface area contributed by atoms with Crippen molar-refractivity contribution in [3.8, 4) is 16.3 Å². The highest BCUT2D eigenvalue weighted by Crippen LogP contribution is 2.39. The van der Waals surface area contributed by atoms with Crippen LogP contribution in [0.2, 0.25) is 0 Å². The molecule has 7 heteroatoms. The molecule has 2 fully saturated rings. The van der Waals surface area contributed by atoms with Crippen LogP contribution in [-0.2, 0) is 4.79 Å². The normalized spacial score (nSPS) is 19.0. The van der Waals surface area contributed by atoms with Gasteiger partial charge in [-0.2, -0.15) is 5.10 Å². The topological polar surface area (TPSA) is 38.1 Å². The van der Waals surface area contributed by atoms with E-state index in [1.165, 1.54) is 24.6 Å². The van der Waals surface area contributed by atoms with Crippen LogP contribution in [0.25, 0.3) is 22.3 Å². The van der Waals surface area contributed by atoms with Gasteiger partial charge in [0.1, 0.15) is 10.0 Å². The minimum Gasteiger partial charge on any atom is -0.290 e. The van der Waals surface area contributed by atoms with E-state index in [2.05, 4.69) is 6.07 Å². The summed E-state index contributed by atoms with van der Waals surface area (Å²) in [7, 11) is 0. The van der Waals surface area contributed by atoms with E-state index in [4.69, 9.17) is 17.3 Å². The summed E-state index contributed by atoms with van der Waals surface area (Å²) in [5, 5.41) is 6.86. The standard InChI is InChI=1S/C22H19N3OS3/c26-21-19(29-22(27)25(21)17-9-4-5-10-17)13-15-14-24(16-7-2-1-3-8-16)23-20(15)18-11-6-12-28-18/h1-3,6-8,11-14,17H,4-5,9-10H2. The molecule has 1 aromatic carbocycles. The lowest BCUT2D eigenvalue weighted by Crippen LogP contribution is -2.36. The number of aromatic nitrogens is 2. The molecule has 2 aliphatic rings. The molecule has 0 bridgehead atoms. The lowest BCUT2D eigenvalue weighted by molar-refractivity contribution is -0.123. The Morgan fingerprint density at radius 1 is 1.10 bits per heavy atom. The molecule has 2 aromatic heterocycles. The number of para-hydroxylation sites is 1. The van der Waals surface area contributed by atoms with Crippen LogP contribution in [0.3, 0.4) is 0 Å². The van der Waals surface area contributed by atoms with Crippen molar-refractivity contribution in [1.29, 1.82) is 0 Å². The number of thiocarbonyl (C=S) groups is 1. The van der Waals surface area contributed by atoms with Crippen LogP contribution in [-0.4, -0.2) is 30.9 Å².